The van der Waals surface area contributed by atoms with E-state index in [-0.39, 0.29) is 0 Å². The molecular weight excluding hydrogens is 244 g/mol. The van der Waals surface area contributed by atoms with Crippen LogP contribution in [-0.2, 0) is 16.4 Å². The van der Waals surface area contributed by atoms with Crippen LogP contribution in [0.1, 0.15) is 5.56 Å². The molecule has 1 heterocycles. The lowest BCUT2D eigenvalue weighted by Crippen LogP contribution is -2.18. The molecule has 0 unspecified atom stereocenters. The smallest absolute Gasteiger partial charge is 0.229 e. The lowest BCUT2D eigenvalue weighted by Gasteiger charge is -2.12. The minimum Gasteiger partial charge on any atom is -0.339 e. The van der Waals surface area contributed by atoms with E-state index in [1.807, 2.05) is 24.1 Å². The van der Waals surface area contributed by atoms with Gasteiger partial charge in [-0.15, -0.1) is 0 Å². The SMILES string of the molecule is CN1C(=S)Cc2cc(NS(C)(=O)=O)ccc21. The van der Waals surface area contributed by atoms with Gasteiger partial charge < -0.3 is 4.90 Å². The summed E-state index contributed by atoms with van der Waals surface area (Å²) in [5.41, 5.74) is 2.68. The van der Waals surface area contributed by atoms with Crippen LogP contribution in [0.2, 0.25) is 0 Å². The van der Waals surface area contributed by atoms with Crippen molar-refractivity contribution in [1.82, 2.24) is 0 Å². The van der Waals surface area contributed by atoms with Crippen molar-refractivity contribution in [2.75, 3.05) is 22.9 Å². The average Bonchev–Trinajstić information content (AvgIpc) is 2.40. The summed E-state index contributed by atoms with van der Waals surface area (Å²) >= 11 is 5.19. The molecule has 16 heavy (non-hydrogen) atoms. The molecule has 1 aliphatic rings. The molecule has 0 spiro atoms. The van der Waals surface area contributed by atoms with E-state index in [4.69, 9.17) is 12.2 Å². The maximum Gasteiger partial charge on any atom is 0.229 e. The van der Waals surface area contributed by atoms with Gasteiger partial charge in [0.2, 0.25) is 10.0 Å². The van der Waals surface area contributed by atoms with E-state index in [0.29, 0.717) is 12.1 Å². The van der Waals surface area contributed by atoms with Gasteiger partial charge in [0.25, 0.3) is 0 Å². The predicted molar refractivity (Wildman–Crippen MR) is 69.6 cm³/mol. The van der Waals surface area contributed by atoms with E-state index >= 15 is 0 Å². The Bertz CT molecular complexity index is 552. The standard InChI is InChI=1S/C10H12N2O2S2/c1-12-9-4-3-8(11-16(2,13)14)5-7(9)6-10(12)15/h3-5,11H,6H2,1-2H3. The Morgan fingerprint density at radius 1 is 1.44 bits per heavy atom. The van der Waals surface area contributed by atoms with Crippen molar-refractivity contribution in [2.45, 2.75) is 6.42 Å². The van der Waals surface area contributed by atoms with Gasteiger partial charge in [0.05, 0.1) is 11.2 Å². The van der Waals surface area contributed by atoms with Crippen LogP contribution >= 0.6 is 12.2 Å². The van der Waals surface area contributed by atoms with Gasteiger partial charge in [-0.2, -0.15) is 0 Å². The number of nitrogens with one attached hydrogen (secondary N) is 1. The fourth-order valence-electron chi connectivity index (χ4n) is 1.75. The Balaban J connectivity index is 2.36. The first-order valence-corrected chi connectivity index (χ1v) is 7.04. The number of likely N-dealkylation sites (N-methyl/N-ethyl adjacent to an activating group) is 1. The zero-order chi connectivity index (χ0) is 11.9. The maximum atomic E-state index is 11.1. The molecule has 0 aliphatic carbocycles. The van der Waals surface area contributed by atoms with Gasteiger partial charge in [-0.3, -0.25) is 4.72 Å². The molecule has 0 radical (unpaired) electrons. The third-order valence-corrected chi connectivity index (χ3v) is 3.48. The Labute approximate surface area is 100 Å². The summed E-state index contributed by atoms with van der Waals surface area (Å²) in [4.78, 5) is 2.79. The highest BCUT2D eigenvalue weighted by Gasteiger charge is 2.21. The Hall–Kier alpha value is -1.14. The molecule has 2 rings (SSSR count). The maximum absolute atomic E-state index is 11.1. The number of sulfonamides is 1. The third-order valence-electron chi connectivity index (χ3n) is 2.46. The van der Waals surface area contributed by atoms with Crippen LogP contribution in [0.5, 0.6) is 0 Å². The molecule has 1 aromatic rings. The highest BCUT2D eigenvalue weighted by atomic mass is 32.2. The van der Waals surface area contributed by atoms with E-state index in [0.717, 1.165) is 22.5 Å². The van der Waals surface area contributed by atoms with Crippen LogP contribution in [0, 0.1) is 0 Å². The second-order valence-electron chi connectivity index (χ2n) is 3.85. The Morgan fingerprint density at radius 2 is 2.12 bits per heavy atom. The van der Waals surface area contributed by atoms with Crippen molar-refractivity contribution in [2.24, 2.45) is 0 Å². The zero-order valence-corrected chi connectivity index (χ0v) is 10.7. The van der Waals surface area contributed by atoms with Crippen molar-refractivity contribution >= 4 is 38.6 Å². The monoisotopic (exact) mass is 256 g/mol. The first-order chi connectivity index (χ1) is 7.37. The summed E-state index contributed by atoms with van der Waals surface area (Å²) in [6.07, 6.45) is 1.83. The van der Waals surface area contributed by atoms with E-state index in [2.05, 4.69) is 4.72 Å². The lowest BCUT2D eigenvalue weighted by molar-refractivity contribution is 0.607. The molecule has 0 saturated carbocycles. The number of benzene rings is 1. The van der Waals surface area contributed by atoms with Crippen LogP contribution in [0.4, 0.5) is 11.4 Å². The molecule has 4 nitrogen and oxygen atoms in total. The van der Waals surface area contributed by atoms with E-state index in [1.54, 1.807) is 6.07 Å². The molecule has 0 bridgehead atoms. The summed E-state index contributed by atoms with van der Waals surface area (Å²) in [7, 11) is -1.30. The minimum atomic E-state index is -3.22. The molecule has 1 aliphatic heterocycles. The highest BCUT2D eigenvalue weighted by molar-refractivity contribution is 7.92. The van der Waals surface area contributed by atoms with Crippen molar-refractivity contribution in [3.63, 3.8) is 0 Å². The van der Waals surface area contributed by atoms with Gasteiger partial charge in [0, 0.05) is 24.8 Å². The van der Waals surface area contributed by atoms with Crippen LogP contribution in [0.15, 0.2) is 18.2 Å². The lowest BCUT2D eigenvalue weighted by atomic mass is 10.1. The van der Waals surface area contributed by atoms with Gasteiger partial charge in [-0.1, -0.05) is 12.2 Å². The highest BCUT2D eigenvalue weighted by Crippen LogP contribution is 2.30. The summed E-state index contributed by atoms with van der Waals surface area (Å²) in [6, 6.07) is 5.44. The average molecular weight is 256 g/mol. The molecule has 1 aromatic carbocycles. The van der Waals surface area contributed by atoms with Gasteiger partial charge in [0.15, 0.2) is 0 Å². The number of hydrogen-bond donors (Lipinski definition) is 1. The molecule has 0 fully saturated rings. The normalized spacial score (nSPS) is 15.1. The molecule has 0 saturated heterocycles. The molecule has 6 heteroatoms. The first-order valence-electron chi connectivity index (χ1n) is 4.74. The van der Waals surface area contributed by atoms with Crippen LogP contribution < -0.4 is 9.62 Å². The van der Waals surface area contributed by atoms with Crippen molar-refractivity contribution < 1.29 is 8.42 Å². The molecule has 0 aromatic heterocycles. The molecule has 0 amide bonds. The topological polar surface area (TPSA) is 49.4 Å². The predicted octanol–water partition coefficient (Wildman–Crippen LogP) is 1.38. The van der Waals surface area contributed by atoms with Gasteiger partial charge >= 0.3 is 0 Å². The van der Waals surface area contributed by atoms with Gasteiger partial charge in [-0.05, 0) is 23.8 Å². The van der Waals surface area contributed by atoms with Crippen molar-refractivity contribution in [1.29, 1.82) is 0 Å². The second-order valence-corrected chi connectivity index (χ2v) is 6.07. The third kappa shape index (κ3) is 2.17. The quantitative estimate of drug-likeness (QED) is 0.812. The number of anilines is 2. The minimum absolute atomic E-state index is 0.583. The van der Waals surface area contributed by atoms with E-state index in [9.17, 15) is 8.42 Å². The van der Waals surface area contributed by atoms with Crippen molar-refractivity contribution in [3.8, 4) is 0 Å². The Morgan fingerprint density at radius 3 is 2.75 bits per heavy atom. The van der Waals surface area contributed by atoms with E-state index < -0.39 is 10.0 Å². The fourth-order valence-corrected chi connectivity index (χ4v) is 2.56. The Kier molecular flexibility index (Phi) is 2.63. The largest absolute Gasteiger partial charge is 0.339 e. The number of rotatable bonds is 2. The molecular formula is C10H12N2O2S2. The molecule has 1 N–H and O–H groups in total. The summed E-state index contributed by atoms with van der Waals surface area (Å²) in [6.45, 7) is 0. The van der Waals surface area contributed by atoms with Crippen LogP contribution in [0.25, 0.3) is 0 Å². The zero-order valence-electron chi connectivity index (χ0n) is 9.02. The fraction of sp³-hybridized carbons (Fsp3) is 0.300. The van der Waals surface area contributed by atoms with Crippen LogP contribution in [0.3, 0.4) is 0 Å². The van der Waals surface area contributed by atoms with Crippen molar-refractivity contribution in [3.05, 3.63) is 23.8 Å². The second kappa shape index (κ2) is 3.71. The summed E-state index contributed by atoms with van der Waals surface area (Å²) < 4.78 is 24.6. The number of hydrogen-bond acceptors (Lipinski definition) is 3. The number of fused-ring (bicyclic) bond motifs is 1. The first kappa shape index (κ1) is 11.3. The number of nitrogens with zero attached hydrogens (tertiary/aromatic N) is 1. The number of thiocarbonyl (C=S) groups is 1. The summed E-state index contributed by atoms with van der Waals surface area (Å²) in [5, 5.41) is 0. The summed E-state index contributed by atoms with van der Waals surface area (Å²) in [5.74, 6) is 0. The molecule has 86 valence electrons. The van der Waals surface area contributed by atoms with Crippen LogP contribution in [-0.4, -0.2) is 26.7 Å². The molecule has 0 atom stereocenters. The van der Waals surface area contributed by atoms with Gasteiger partial charge in [0.1, 0.15) is 0 Å². The van der Waals surface area contributed by atoms with E-state index in [1.165, 1.54) is 0 Å². The van der Waals surface area contributed by atoms with Gasteiger partial charge in [-0.25, -0.2) is 8.42 Å².